The number of carboxylic acid groups (broad SMARTS) is 1. The number of aliphatic carboxylic acids is 1. The topological polar surface area (TPSA) is 104 Å². The van der Waals surface area contributed by atoms with Crippen molar-refractivity contribution in [1.29, 1.82) is 0 Å². The largest absolute Gasteiger partial charge is 0.546 e. The number of para-hydroxylation sites is 1. The van der Waals surface area contributed by atoms with Crippen LogP contribution in [0.5, 0.6) is 5.75 Å². The maximum absolute atomic E-state index is 12.0. The van der Waals surface area contributed by atoms with Crippen molar-refractivity contribution in [2.45, 2.75) is 13.8 Å². The van der Waals surface area contributed by atoms with Gasteiger partial charge in [-0.15, -0.1) is 0 Å². The molecule has 120 valence electrons. The Morgan fingerprint density at radius 3 is 2.74 bits per heavy atom. The van der Waals surface area contributed by atoms with Gasteiger partial charge in [-0.25, -0.2) is 5.43 Å². The Kier molecular flexibility index (Phi) is 5.14. The van der Waals surface area contributed by atoms with Crippen molar-refractivity contribution in [1.82, 2.24) is 5.43 Å². The first kappa shape index (κ1) is 16.3. The molecule has 0 bridgehead atoms. The second-order valence-corrected chi connectivity index (χ2v) is 4.72. The predicted molar refractivity (Wildman–Crippen MR) is 80.2 cm³/mol. The molecule has 1 aromatic carbocycles. The fourth-order valence-corrected chi connectivity index (χ4v) is 1.93. The zero-order valence-electron chi connectivity index (χ0n) is 12.7. The summed E-state index contributed by atoms with van der Waals surface area (Å²) in [5, 5.41) is 14.3. The molecule has 1 N–H and O–H groups in total. The third kappa shape index (κ3) is 4.44. The fraction of sp³-hybridized carbons (Fsp3) is 0.188. The van der Waals surface area contributed by atoms with Gasteiger partial charge in [-0.2, -0.15) is 5.10 Å². The van der Waals surface area contributed by atoms with Crippen LogP contribution in [0.25, 0.3) is 0 Å². The number of carboxylic acids is 1. The summed E-state index contributed by atoms with van der Waals surface area (Å²) in [7, 11) is 0. The van der Waals surface area contributed by atoms with Crippen molar-refractivity contribution >= 4 is 18.1 Å². The highest BCUT2D eigenvalue weighted by Gasteiger charge is 2.12. The molecule has 1 aromatic heterocycles. The summed E-state index contributed by atoms with van der Waals surface area (Å²) >= 11 is 0. The zero-order chi connectivity index (χ0) is 16.8. The number of carbonyl (C=O) groups is 2. The van der Waals surface area contributed by atoms with Gasteiger partial charge in [0.15, 0.2) is 0 Å². The van der Waals surface area contributed by atoms with Crippen molar-refractivity contribution in [3.63, 3.8) is 0 Å². The summed E-state index contributed by atoms with van der Waals surface area (Å²) in [4.78, 5) is 22.4. The normalized spacial score (nSPS) is 10.7. The van der Waals surface area contributed by atoms with Gasteiger partial charge in [-0.05, 0) is 32.0 Å². The van der Waals surface area contributed by atoms with Gasteiger partial charge in [-0.3, -0.25) is 4.79 Å². The minimum Gasteiger partial charge on any atom is -0.546 e. The molecule has 7 nitrogen and oxygen atoms in total. The molecule has 1 amide bonds. The molecule has 0 saturated heterocycles. The molecule has 0 aliphatic heterocycles. The molecule has 23 heavy (non-hydrogen) atoms. The van der Waals surface area contributed by atoms with Gasteiger partial charge >= 0.3 is 0 Å². The highest BCUT2D eigenvalue weighted by atomic mass is 16.5. The standard InChI is InChI=1S/C16H16N2O5/c1-10-7-13(11(2)23-10)16(21)18-17-8-12-5-3-4-6-14(12)22-9-15(19)20/h3-8H,9H2,1-2H3,(H,18,21)(H,19,20)/p-1. The SMILES string of the molecule is Cc1cc(C(=O)NN=Cc2ccccc2OCC(=O)[O-])c(C)o1. The molecule has 0 fully saturated rings. The van der Waals surface area contributed by atoms with E-state index in [0.717, 1.165) is 0 Å². The number of nitrogens with zero attached hydrogens (tertiary/aromatic N) is 1. The van der Waals surface area contributed by atoms with E-state index in [2.05, 4.69) is 10.5 Å². The number of carbonyl (C=O) groups excluding carboxylic acids is 2. The second-order valence-electron chi connectivity index (χ2n) is 4.72. The van der Waals surface area contributed by atoms with Gasteiger partial charge in [0, 0.05) is 5.56 Å². The van der Waals surface area contributed by atoms with Gasteiger partial charge in [0.2, 0.25) is 0 Å². The number of ether oxygens (including phenoxy) is 1. The summed E-state index contributed by atoms with van der Waals surface area (Å²) < 4.78 is 10.4. The number of aryl methyl sites for hydroxylation is 2. The van der Waals surface area contributed by atoms with Crippen LogP contribution in [0.4, 0.5) is 0 Å². The summed E-state index contributed by atoms with van der Waals surface area (Å²) in [6.07, 6.45) is 1.37. The first-order valence-electron chi connectivity index (χ1n) is 6.79. The van der Waals surface area contributed by atoms with Gasteiger partial charge in [0.25, 0.3) is 5.91 Å². The van der Waals surface area contributed by atoms with Crippen LogP contribution in [0.2, 0.25) is 0 Å². The summed E-state index contributed by atoms with van der Waals surface area (Å²) in [6.45, 7) is 2.87. The molecular weight excluding hydrogens is 300 g/mol. The summed E-state index contributed by atoms with van der Waals surface area (Å²) in [5.41, 5.74) is 3.31. The summed E-state index contributed by atoms with van der Waals surface area (Å²) in [6, 6.07) is 8.32. The van der Waals surface area contributed by atoms with E-state index < -0.39 is 18.5 Å². The molecule has 0 unspecified atom stereocenters. The Labute approximate surface area is 132 Å². The molecule has 0 radical (unpaired) electrons. The van der Waals surface area contributed by atoms with Gasteiger partial charge < -0.3 is 19.1 Å². The number of benzene rings is 1. The number of nitrogens with one attached hydrogen (secondary N) is 1. The molecule has 2 aromatic rings. The van der Waals surface area contributed by atoms with E-state index in [-0.39, 0.29) is 0 Å². The van der Waals surface area contributed by atoms with Crippen LogP contribution in [0.1, 0.15) is 27.4 Å². The quantitative estimate of drug-likeness (QED) is 0.627. The highest BCUT2D eigenvalue weighted by molar-refractivity contribution is 5.96. The van der Waals surface area contributed by atoms with Crippen LogP contribution < -0.4 is 15.3 Å². The van der Waals surface area contributed by atoms with Crippen molar-refractivity contribution in [2.75, 3.05) is 6.61 Å². The third-order valence-electron chi connectivity index (χ3n) is 2.92. The smallest absolute Gasteiger partial charge is 0.274 e. The highest BCUT2D eigenvalue weighted by Crippen LogP contribution is 2.16. The van der Waals surface area contributed by atoms with Crippen molar-refractivity contribution in [3.8, 4) is 5.75 Å². The van der Waals surface area contributed by atoms with E-state index >= 15 is 0 Å². The van der Waals surface area contributed by atoms with E-state index in [0.29, 0.717) is 28.4 Å². The first-order valence-corrected chi connectivity index (χ1v) is 6.79. The number of rotatable bonds is 6. The van der Waals surface area contributed by atoms with Gasteiger partial charge in [-0.1, -0.05) is 12.1 Å². The minimum absolute atomic E-state index is 0.324. The Morgan fingerprint density at radius 1 is 1.35 bits per heavy atom. The van der Waals surface area contributed by atoms with Gasteiger partial charge in [0.1, 0.15) is 23.9 Å². The maximum atomic E-state index is 12.0. The Bertz CT molecular complexity index is 749. The van der Waals surface area contributed by atoms with E-state index in [9.17, 15) is 14.7 Å². The number of furan rings is 1. The van der Waals surface area contributed by atoms with Crippen LogP contribution in [0.15, 0.2) is 39.9 Å². The lowest BCUT2D eigenvalue weighted by atomic mass is 10.2. The fourth-order valence-electron chi connectivity index (χ4n) is 1.93. The second kappa shape index (κ2) is 7.26. The average molecular weight is 315 g/mol. The molecule has 0 atom stereocenters. The van der Waals surface area contributed by atoms with E-state index in [4.69, 9.17) is 9.15 Å². The van der Waals surface area contributed by atoms with E-state index in [1.165, 1.54) is 6.21 Å². The van der Waals surface area contributed by atoms with Crippen LogP contribution in [-0.2, 0) is 4.79 Å². The predicted octanol–water partition coefficient (Wildman–Crippen LogP) is 0.789. The number of hydrogen-bond donors (Lipinski definition) is 1. The minimum atomic E-state index is -1.32. The molecule has 0 spiro atoms. The molecule has 0 aliphatic rings. The Balaban J connectivity index is 2.04. The van der Waals surface area contributed by atoms with E-state index in [1.54, 1.807) is 44.2 Å². The molecule has 0 aliphatic carbocycles. The third-order valence-corrected chi connectivity index (χ3v) is 2.92. The van der Waals surface area contributed by atoms with E-state index in [1.807, 2.05) is 0 Å². The van der Waals surface area contributed by atoms with Crippen LogP contribution in [-0.4, -0.2) is 24.7 Å². The molecule has 0 saturated carbocycles. The van der Waals surface area contributed by atoms with Crippen LogP contribution >= 0.6 is 0 Å². The number of hydrazone groups is 1. The first-order chi connectivity index (χ1) is 11.0. The molecule has 1 heterocycles. The van der Waals surface area contributed by atoms with Crippen molar-refractivity contribution in [2.24, 2.45) is 5.10 Å². The molecular formula is C16H15N2O5-. The average Bonchev–Trinajstić information content (AvgIpc) is 2.85. The lowest BCUT2D eigenvalue weighted by molar-refractivity contribution is -0.307. The number of hydrogen-bond acceptors (Lipinski definition) is 6. The lowest BCUT2D eigenvalue weighted by Gasteiger charge is -2.08. The molecule has 2 rings (SSSR count). The van der Waals surface area contributed by atoms with Crippen LogP contribution in [0.3, 0.4) is 0 Å². The van der Waals surface area contributed by atoms with Gasteiger partial charge in [0.05, 0.1) is 17.7 Å². The lowest BCUT2D eigenvalue weighted by Crippen LogP contribution is -2.29. The molecule has 7 heteroatoms. The van der Waals surface area contributed by atoms with Crippen LogP contribution in [0, 0.1) is 13.8 Å². The van der Waals surface area contributed by atoms with Crippen molar-refractivity contribution in [3.05, 3.63) is 53.0 Å². The Morgan fingerprint density at radius 2 is 2.09 bits per heavy atom. The van der Waals surface area contributed by atoms with Crippen molar-refractivity contribution < 1.29 is 23.8 Å². The zero-order valence-corrected chi connectivity index (χ0v) is 12.7. The maximum Gasteiger partial charge on any atom is 0.274 e. The monoisotopic (exact) mass is 315 g/mol. The number of amides is 1. The summed E-state index contributed by atoms with van der Waals surface area (Å²) in [5.74, 6) is -0.254. The Hall–Kier alpha value is -3.09.